The smallest absolute Gasteiger partial charge is 0.254 e. The van der Waals surface area contributed by atoms with Gasteiger partial charge in [-0.05, 0) is 47.3 Å². The molecule has 0 saturated heterocycles. The first-order valence-electron chi connectivity index (χ1n) is 5.93. The van der Waals surface area contributed by atoms with Gasteiger partial charge in [0.05, 0.1) is 5.56 Å². The number of carbonyl (C=O) groups is 1. The van der Waals surface area contributed by atoms with Crippen LogP contribution < -0.4 is 0 Å². The molecule has 0 aliphatic heterocycles. The van der Waals surface area contributed by atoms with Crippen molar-refractivity contribution in [3.05, 3.63) is 33.8 Å². The van der Waals surface area contributed by atoms with Crippen LogP contribution in [0.5, 0.6) is 0 Å². The Kier molecular flexibility index (Phi) is 5.19. The molecule has 0 atom stereocenters. The Morgan fingerprint density at radius 2 is 2.06 bits per heavy atom. The Bertz CT molecular complexity index is 401. The third-order valence-corrected chi connectivity index (χ3v) is 3.43. The van der Waals surface area contributed by atoms with Crippen molar-refractivity contribution in [2.45, 2.75) is 27.2 Å². The van der Waals surface area contributed by atoms with Gasteiger partial charge in [0.2, 0.25) is 0 Å². The van der Waals surface area contributed by atoms with Gasteiger partial charge in [-0.25, -0.2) is 0 Å². The number of carbonyl (C=O) groups excluding carboxylic acids is 1. The van der Waals surface area contributed by atoms with Crippen molar-refractivity contribution >= 4 is 21.8 Å². The molecule has 0 saturated carbocycles. The van der Waals surface area contributed by atoms with E-state index < -0.39 is 0 Å². The van der Waals surface area contributed by atoms with Crippen LogP contribution >= 0.6 is 15.9 Å². The van der Waals surface area contributed by atoms with Gasteiger partial charge >= 0.3 is 0 Å². The maximum absolute atomic E-state index is 12.2. The summed E-state index contributed by atoms with van der Waals surface area (Å²) in [5, 5.41) is 0. The van der Waals surface area contributed by atoms with Crippen molar-refractivity contribution < 1.29 is 4.79 Å². The predicted octanol–water partition coefficient (Wildman–Crippen LogP) is 3.88. The highest BCUT2D eigenvalue weighted by molar-refractivity contribution is 9.10. The van der Waals surface area contributed by atoms with Crippen LogP contribution in [0.25, 0.3) is 0 Å². The second-order valence-electron chi connectivity index (χ2n) is 4.89. The van der Waals surface area contributed by atoms with Gasteiger partial charge in [0.25, 0.3) is 5.91 Å². The van der Waals surface area contributed by atoms with E-state index in [2.05, 4.69) is 29.8 Å². The normalized spacial score (nSPS) is 10.7. The van der Waals surface area contributed by atoms with Crippen LogP contribution in [0.4, 0.5) is 0 Å². The third kappa shape index (κ3) is 4.15. The average Bonchev–Trinajstić information content (AvgIpc) is 2.28. The maximum Gasteiger partial charge on any atom is 0.254 e. The van der Waals surface area contributed by atoms with E-state index in [1.807, 2.05) is 32.2 Å². The van der Waals surface area contributed by atoms with E-state index in [1.54, 1.807) is 4.90 Å². The van der Waals surface area contributed by atoms with Crippen molar-refractivity contribution in [2.24, 2.45) is 5.92 Å². The van der Waals surface area contributed by atoms with Gasteiger partial charge in [0, 0.05) is 18.1 Å². The lowest BCUT2D eigenvalue weighted by atomic mass is 10.1. The molecule has 0 spiro atoms. The molecular weight excluding hydrogens is 278 g/mol. The number of halogens is 1. The molecule has 0 unspecified atom stereocenters. The lowest BCUT2D eigenvalue weighted by Crippen LogP contribution is -2.28. The van der Waals surface area contributed by atoms with Crippen molar-refractivity contribution in [3.63, 3.8) is 0 Å². The highest BCUT2D eigenvalue weighted by atomic mass is 79.9. The van der Waals surface area contributed by atoms with Crippen LogP contribution in [-0.4, -0.2) is 24.4 Å². The topological polar surface area (TPSA) is 20.3 Å². The molecule has 94 valence electrons. The Labute approximate surface area is 112 Å². The number of hydrogen-bond acceptors (Lipinski definition) is 1. The van der Waals surface area contributed by atoms with Gasteiger partial charge in [0.15, 0.2) is 0 Å². The molecule has 17 heavy (non-hydrogen) atoms. The van der Waals surface area contributed by atoms with Gasteiger partial charge in [0.1, 0.15) is 0 Å². The summed E-state index contributed by atoms with van der Waals surface area (Å²) in [6, 6.07) is 5.85. The molecule has 2 nitrogen and oxygen atoms in total. The minimum atomic E-state index is 0.0845. The molecule has 0 N–H and O–H groups in total. The summed E-state index contributed by atoms with van der Waals surface area (Å²) in [5.41, 5.74) is 1.85. The standard InChI is InChI=1S/C14H20BrNO/c1-10(2)7-8-16(4)14(17)12-9-11(3)5-6-13(12)15/h5-6,9-10H,7-8H2,1-4H3. The van der Waals surface area contributed by atoms with E-state index >= 15 is 0 Å². The zero-order chi connectivity index (χ0) is 13.0. The van der Waals surface area contributed by atoms with Crippen LogP contribution in [-0.2, 0) is 0 Å². The molecule has 1 aromatic carbocycles. The third-order valence-electron chi connectivity index (χ3n) is 2.74. The number of rotatable bonds is 4. The zero-order valence-corrected chi connectivity index (χ0v) is 12.5. The van der Waals surface area contributed by atoms with Gasteiger partial charge < -0.3 is 4.90 Å². The van der Waals surface area contributed by atoms with Crippen LogP contribution in [0, 0.1) is 12.8 Å². The van der Waals surface area contributed by atoms with Crippen LogP contribution in [0.15, 0.2) is 22.7 Å². The van der Waals surface area contributed by atoms with E-state index in [1.165, 1.54) is 0 Å². The average molecular weight is 298 g/mol. The summed E-state index contributed by atoms with van der Waals surface area (Å²) in [4.78, 5) is 14.0. The SMILES string of the molecule is Cc1ccc(Br)c(C(=O)N(C)CCC(C)C)c1. The number of hydrogen-bond donors (Lipinski definition) is 0. The number of benzene rings is 1. The van der Waals surface area contributed by atoms with E-state index in [0.29, 0.717) is 5.92 Å². The lowest BCUT2D eigenvalue weighted by Gasteiger charge is -2.19. The van der Waals surface area contributed by atoms with Crippen molar-refractivity contribution in [2.75, 3.05) is 13.6 Å². The molecular formula is C14H20BrNO. The molecule has 0 aliphatic carbocycles. The molecule has 1 amide bonds. The fourth-order valence-electron chi connectivity index (χ4n) is 1.56. The summed E-state index contributed by atoms with van der Waals surface area (Å²) in [7, 11) is 1.86. The molecule has 3 heteroatoms. The predicted molar refractivity (Wildman–Crippen MR) is 75.3 cm³/mol. The Balaban J connectivity index is 2.78. The molecule has 0 bridgehead atoms. The van der Waals surface area contributed by atoms with Crippen molar-refractivity contribution in [1.82, 2.24) is 4.90 Å². The van der Waals surface area contributed by atoms with E-state index in [0.717, 1.165) is 28.6 Å². The number of nitrogens with zero attached hydrogens (tertiary/aromatic N) is 1. The van der Waals surface area contributed by atoms with E-state index in [4.69, 9.17) is 0 Å². The molecule has 1 aromatic rings. The van der Waals surface area contributed by atoms with Gasteiger partial charge in [-0.2, -0.15) is 0 Å². The second kappa shape index (κ2) is 6.20. The first-order chi connectivity index (χ1) is 7.91. The summed E-state index contributed by atoms with van der Waals surface area (Å²) in [6.45, 7) is 7.13. The fraction of sp³-hybridized carbons (Fsp3) is 0.500. The fourth-order valence-corrected chi connectivity index (χ4v) is 1.98. The highest BCUT2D eigenvalue weighted by Gasteiger charge is 2.14. The molecule has 0 aliphatic rings. The first kappa shape index (κ1) is 14.2. The van der Waals surface area contributed by atoms with Crippen molar-refractivity contribution in [3.8, 4) is 0 Å². The number of aryl methyl sites for hydroxylation is 1. The Morgan fingerprint density at radius 1 is 1.41 bits per heavy atom. The summed E-state index contributed by atoms with van der Waals surface area (Å²) < 4.78 is 0.865. The van der Waals surface area contributed by atoms with Crippen LogP contribution in [0.2, 0.25) is 0 Å². The molecule has 0 heterocycles. The molecule has 0 aromatic heterocycles. The zero-order valence-electron chi connectivity index (χ0n) is 11.0. The summed E-state index contributed by atoms with van der Waals surface area (Å²) >= 11 is 3.43. The summed E-state index contributed by atoms with van der Waals surface area (Å²) in [5.74, 6) is 0.701. The minimum Gasteiger partial charge on any atom is -0.342 e. The van der Waals surface area contributed by atoms with Crippen LogP contribution in [0.3, 0.4) is 0 Å². The Hall–Kier alpha value is -0.830. The van der Waals surface area contributed by atoms with Gasteiger partial charge in [-0.3, -0.25) is 4.79 Å². The molecule has 0 radical (unpaired) electrons. The molecule has 0 fully saturated rings. The van der Waals surface area contributed by atoms with Gasteiger partial charge in [-0.15, -0.1) is 0 Å². The lowest BCUT2D eigenvalue weighted by molar-refractivity contribution is 0.0788. The molecule has 1 rings (SSSR count). The first-order valence-corrected chi connectivity index (χ1v) is 6.72. The highest BCUT2D eigenvalue weighted by Crippen LogP contribution is 2.19. The minimum absolute atomic E-state index is 0.0845. The quantitative estimate of drug-likeness (QED) is 0.826. The van der Waals surface area contributed by atoms with E-state index in [-0.39, 0.29) is 5.91 Å². The van der Waals surface area contributed by atoms with Gasteiger partial charge in [-0.1, -0.05) is 25.5 Å². The van der Waals surface area contributed by atoms with Crippen molar-refractivity contribution in [1.29, 1.82) is 0 Å². The number of amides is 1. The van der Waals surface area contributed by atoms with Crippen LogP contribution in [0.1, 0.15) is 36.2 Å². The Morgan fingerprint density at radius 3 is 2.65 bits per heavy atom. The monoisotopic (exact) mass is 297 g/mol. The second-order valence-corrected chi connectivity index (χ2v) is 5.75. The maximum atomic E-state index is 12.2. The summed E-state index contributed by atoms with van der Waals surface area (Å²) in [6.07, 6.45) is 1.03. The largest absolute Gasteiger partial charge is 0.342 e. The van der Waals surface area contributed by atoms with E-state index in [9.17, 15) is 4.79 Å².